The third-order valence-corrected chi connectivity index (χ3v) is 9.99. The van der Waals surface area contributed by atoms with Crippen molar-refractivity contribution in [3.05, 3.63) is 65.6 Å². The Labute approximate surface area is 251 Å². The third-order valence-electron chi connectivity index (χ3n) is 9.99. The molecule has 2 atom stereocenters. The average Bonchev–Trinajstić information content (AvgIpc) is 3.45. The number of pyridine rings is 1. The summed E-state index contributed by atoms with van der Waals surface area (Å²) in [6, 6.07) is 16.5. The van der Waals surface area contributed by atoms with Gasteiger partial charge in [0.15, 0.2) is 5.82 Å². The number of likely N-dealkylation sites (N-methyl/N-ethyl adjacent to an activating group) is 1. The maximum absolute atomic E-state index is 17.1. The van der Waals surface area contributed by atoms with Crippen molar-refractivity contribution in [2.45, 2.75) is 57.7 Å². The molecule has 7 nitrogen and oxygen atoms in total. The van der Waals surface area contributed by atoms with Crippen molar-refractivity contribution in [3.63, 3.8) is 0 Å². The molecular formula is C35H38FN7. The van der Waals surface area contributed by atoms with Crippen molar-refractivity contribution in [2.75, 3.05) is 38.6 Å². The van der Waals surface area contributed by atoms with E-state index in [0.29, 0.717) is 22.7 Å². The summed E-state index contributed by atoms with van der Waals surface area (Å²) in [5.74, 6) is 0.442. The predicted octanol–water partition coefficient (Wildman–Crippen LogP) is 6.57. The van der Waals surface area contributed by atoms with Gasteiger partial charge in [-0.05, 0) is 82.4 Å². The van der Waals surface area contributed by atoms with E-state index in [9.17, 15) is 5.26 Å². The molecule has 8 heteroatoms. The molecule has 2 aromatic heterocycles. The fourth-order valence-corrected chi connectivity index (χ4v) is 7.23. The number of aryl methyl sites for hydroxylation is 1. The smallest absolute Gasteiger partial charge is 0.157 e. The number of piperidine rings is 1. The molecule has 7 rings (SSSR count). The number of hydrogen-bond donors (Lipinski definition) is 1. The Morgan fingerprint density at radius 1 is 1.16 bits per heavy atom. The van der Waals surface area contributed by atoms with Crippen LogP contribution in [0, 0.1) is 24.1 Å². The van der Waals surface area contributed by atoms with E-state index in [1.165, 1.54) is 0 Å². The topological polar surface area (TPSA) is 73.0 Å². The molecule has 1 N–H and O–H groups in total. The lowest BCUT2D eigenvalue weighted by Crippen LogP contribution is -2.67. The van der Waals surface area contributed by atoms with Gasteiger partial charge in [0.2, 0.25) is 0 Å². The second kappa shape index (κ2) is 10.3. The summed E-state index contributed by atoms with van der Waals surface area (Å²) in [7, 11) is 4.21. The number of hydrogen-bond acceptors (Lipinski definition) is 6. The van der Waals surface area contributed by atoms with E-state index in [4.69, 9.17) is 10.1 Å². The Morgan fingerprint density at radius 3 is 2.65 bits per heavy atom. The molecule has 220 valence electrons. The molecule has 2 saturated heterocycles. The van der Waals surface area contributed by atoms with Gasteiger partial charge in [-0.25, -0.2) is 9.37 Å². The molecular weight excluding hydrogens is 537 g/mol. The summed E-state index contributed by atoms with van der Waals surface area (Å²) in [4.78, 5) is 9.60. The summed E-state index contributed by atoms with van der Waals surface area (Å²) >= 11 is 0. The number of aromatic nitrogens is 3. The van der Waals surface area contributed by atoms with E-state index in [1.54, 1.807) is 6.07 Å². The molecule has 2 fully saturated rings. The molecule has 43 heavy (non-hydrogen) atoms. The molecule has 0 saturated carbocycles. The summed E-state index contributed by atoms with van der Waals surface area (Å²) < 4.78 is 19.3. The molecule has 4 heterocycles. The number of nitrogens with one attached hydrogen (secondary N) is 1. The normalized spacial score (nSPS) is 20.2. The van der Waals surface area contributed by atoms with Crippen LogP contribution in [0.15, 0.2) is 48.7 Å². The molecule has 0 unspecified atom stereocenters. The Hall–Kier alpha value is -4.06. The van der Waals surface area contributed by atoms with Crippen LogP contribution in [0.2, 0.25) is 0 Å². The first-order valence-electron chi connectivity index (χ1n) is 15.3. The summed E-state index contributed by atoms with van der Waals surface area (Å²) in [5.41, 5.74) is 3.91. The molecule has 0 amide bonds. The van der Waals surface area contributed by atoms with Crippen LogP contribution < -0.4 is 10.2 Å². The second-order valence-electron chi connectivity index (χ2n) is 12.9. The molecule has 5 aromatic rings. The van der Waals surface area contributed by atoms with Gasteiger partial charge in [0.1, 0.15) is 11.3 Å². The van der Waals surface area contributed by atoms with Gasteiger partial charge < -0.3 is 15.1 Å². The lowest BCUT2D eigenvalue weighted by molar-refractivity contribution is 0.133. The van der Waals surface area contributed by atoms with Gasteiger partial charge in [0.05, 0.1) is 40.3 Å². The lowest BCUT2D eigenvalue weighted by Gasteiger charge is -2.52. The van der Waals surface area contributed by atoms with Crippen molar-refractivity contribution in [1.29, 1.82) is 5.26 Å². The standard InChI is InChI=1S/C35H38FN7/c1-6-24-16-25(13-14-38-24)43-33-27-15-21(2)29(26-12-8-10-22-9-7-11-23(17-37)30(22)26)31(36)32(27)40-34(28(33)18-39-43)42-19-35(3,20-42)41(4)5/h7-12,15,18,24-25,38H,6,13-14,16,19-20H2,1-5H3/t24-,25+/m1/s1. The Kier molecular flexibility index (Phi) is 6.64. The Bertz CT molecular complexity index is 1920. The zero-order chi connectivity index (χ0) is 30.0. The van der Waals surface area contributed by atoms with E-state index < -0.39 is 0 Å². The zero-order valence-electron chi connectivity index (χ0n) is 25.6. The fraction of sp³-hybridized carbons (Fsp3) is 0.400. The maximum atomic E-state index is 17.1. The number of fused-ring (bicyclic) bond motifs is 4. The van der Waals surface area contributed by atoms with Crippen LogP contribution >= 0.6 is 0 Å². The Morgan fingerprint density at radius 2 is 1.93 bits per heavy atom. The van der Waals surface area contributed by atoms with Crippen LogP contribution in [0.1, 0.15) is 50.3 Å². The van der Waals surface area contributed by atoms with Crippen LogP contribution in [0.3, 0.4) is 0 Å². The number of halogens is 1. The van der Waals surface area contributed by atoms with Crippen molar-refractivity contribution in [3.8, 4) is 17.2 Å². The second-order valence-corrected chi connectivity index (χ2v) is 12.9. The highest BCUT2D eigenvalue weighted by molar-refractivity contribution is 6.11. The van der Waals surface area contributed by atoms with Gasteiger partial charge in [0, 0.05) is 35.5 Å². The summed E-state index contributed by atoms with van der Waals surface area (Å²) in [5, 5.41) is 22.0. The van der Waals surface area contributed by atoms with Crippen LogP contribution in [0.5, 0.6) is 0 Å². The molecule has 0 spiro atoms. The number of rotatable bonds is 5. The lowest BCUT2D eigenvalue weighted by atomic mass is 9.89. The zero-order valence-corrected chi connectivity index (χ0v) is 25.6. The number of benzene rings is 3. The van der Waals surface area contributed by atoms with Crippen molar-refractivity contribution in [1.82, 2.24) is 25.0 Å². The summed E-state index contributed by atoms with van der Waals surface area (Å²) in [6.07, 6.45) is 4.96. The molecule has 0 radical (unpaired) electrons. The number of anilines is 1. The van der Waals surface area contributed by atoms with Gasteiger partial charge in [-0.2, -0.15) is 10.4 Å². The first-order valence-corrected chi connectivity index (χ1v) is 15.3. The molecule has 0 bridgehead atoms. The van der Waals surface area contributed by atoms with Crippen molar-refractivity contribution in [2.24, 2.45) is 0 Å². The molecule has 2 aliphatic heterocycles. The Balaban J connectivity index is 1.50. The van der Waals surface area contributed by atoms with Crippen LogP contribution in [0.4, 0.5) is 10.2 Å². The van der Waals surface area contributed by atoms with Gasteiger partial charge in [0.25, 0.3) is 0 Å². The van der Waals surface area contributed by atoms with Crippen LogP contribution in [-0.2, 0) is 0 Å². The highest BCUT2D eigenvalue weighted by Crippen LogP contribution is 2.43. The first kappa shape index (κ1) is 27.8. The van der Waals surface area contributed by atoms with Gasteiger partial charge >= 0.3 is 0 Å². The van der Waals surface area contributed by atoms with E-state index in [1.807, 2.05) is 43.5 Å². The largest absolute Gasteiger partial charge is 0.352 e. The maximum Gasteiger partial charge on any atom is 0.157 e. The van der Waals surface area contributed by atoms with E-state index in [0.717, 1.165) is 82.9 Å². The minimum Gasteiger partial charge on any atom is -0.352 e. The van der Waals surface area contributed by atoms with E-state index in [2.05, 4.69) is 59.9 Å². The molecule has 0 aliphatic carbocycles. The van der Waals surface area contributed by atoms with Gasteiger partial charge in [-0.15, -0.1) is 0 Å². The highest BCUT2D eigenvalue weighted by Gasteiger charge is 2.42. The van der Waals surface area contributed by atoms with Crippen LogP contribution in [0.25, 0.3) is 43.7 Å². The number of nitriles is 1. The van der Waals surface area contributed by atoms with Gasteiger partial charge in [-0.3, -0.25) is 4.68 Å². The van der Waals surface area contributed by atoms with Crippen molar-refractivity contribution >= 4 is 38.4 Å². The third kappa shape index (κ3) is 4.29. The quantitative estimate of drug-likeness (QED) is 0.256. The summed E-state index contributed by atoms with van der Waals surface area (Å²) in [6.45, 7) is 8.98. The predicted molar refractivity (Wildman–Crippen MR) is 172 cm³/mol. The highest BCUT2D eigenvalue weighted by atomic mass is 19.1. The minimum absolute atomic E-state index is 0.0238. The molecule has 2 aliphatic rings. The fourth-order valence-electron chi connectivity index (χ4n) is 7.23. The first-order chi connectivity index (χ1) is 20.7. The SMILES string of the molecule is CC[C@@H]1C[C@@H](n2ncc3c(N4CC(C)(N(C)C)C4)nc4c(F)c(-c5cccc6cccc(C#N)c56)c(C)cc4c32)CCN1. The molecule has 3 aromatic carbocycles. The van der Waals surface area contributed by atoms with E-state index >= 15 is 4.39 Å². The van der Waals surface area contributed by atoms with Crippen molar-refractivity contribution < 1.29 is 4.39 Å². The average molecular weight is 576 g/mol. The van der Waals surface area contributed by atoms with Gasteiger partial charge in [-0.1, -0.05) is 37.3 Å². The monoisotopic (exact) mass is 575 g/mol. The number of nitrogens with zero attached hydrogens (tertiary/aromatic N) is 6. The van der Waals surface area contributed by atoms with Crippen LogP contribution in [-0.4, -0.2) is 65.0 Å². The minimum atomic E-state index is -0.348. The van der Waals surface area contributed by atoms with E-state index in [-0.39, 0.29) is 17.4 Å².